The minimum Gasteiger partial charge on any atom is -0.342 e. The average Bonchev–Trinajstić information content (AvgIpc) is 2.44. The zero-order chi connectivity index (χ0) is 11.2. The van der Waals surface area contributed by atoms with Gasteiger partial charge in [0.05, 0.1) is 16.6 Å². The van der Waals surface area contributed by atoms with E-state index >= 15 is 0 Å². The summed E-state index contributed by atoms with van der Waals surface area (Å²) in [6.07, 6.45) is -4.39. The number of imidazole rings is 1. The lowest BCUT2D eigenvalue weighted by molar-refractivity contribution is -0.137. The molecule has 0 bridgehead atoms. The predicted octanol–water partition coefficient (Wildman–Crippen LogP) is 1.68. The molecule has 0 aliphatic rings. The number of aryl methyl sites for hydroxylation is 1. The van der Waals surface area contributed by atoms with Crippen molar-refractivity contribution in [1.29, 1.82) is 0 Å². The summed E-state index contributed by atoms with van der Waals surface area (Å²) in [5, 5.41) is 0. The van der Waals surface area contributed by atoms with E-state index in [4.69, 9.17) is 7.85 Å². The molecule has 0 saturated heterocycles. The van der Waals surface area contributed by atoms with E-state index in [1.807, 2.05) is 0 Å². The molecule has 0 saturated carbocycles. The summed E-state index contributed by atoms with van der Waals surface area (Å²) in [6.45, 7) is 1.66. The molecule has 2 rings (SSSR count). The summed E-state index contributed by atoms with van der Waals surface area (Å²) in [4.78, 5) is 6.71. The molecule has 15 heavy (non-hydrogen) atoms. The fourth-order valence-electron chi connectivity index (χ4n) is 1.43. The Morgan fingerprint density at radius 1 is 1.33 bits per heavy atom. The van der Waals surface area contributed by atoms with Crippen LogP contribution in [0, 0.1) is 6.92 Å². The van der Waals surface area contributed by atoms with Crippen LogP contribution in [0.3, 0.4) is 0 Å². The van der Waals surface area contributed by atoms with Gasteiger partial charge < -0.3 is 4.98 Å². The molecule has 1 heterocycles. The van der Waals surface area contributed by atoms with Crippen molar-refractivity contribution >= 4 is 24.3 Å². The van der Waals surface area contributed by atoms with Gasteiger partial charge in [-0.3, -0.25) is 0 Å². The number of alkyl halides is 3. The minimum atomic E-state index is -4.39. The SMILES string of the molecule is [B]c1cc(C(F)(F)F)cc2[nH]c(C)nc12. The molecule has 1 aromatic carbocycles. The fraction of sp³-hybridized carbons (Fsp3) is 0.222. The van der Waals surface area contributed by atoms with E-state index in [1.54, 1.807) is 6.92 Å². The van der Waals surface area contributed by atoms with Gasteiger partial charge in [0.25, 0.3) is 0 Å². The molecule has 76 valence electrons. The highest BCUT2D eigenvalue weighted by molar-refractivity contribution is 6.38. The van der Waals surface area contributed by atoms with Crippen LogP contribution in [-0.2, 0) is 6.18 Å². The fourth-order valence-corrected chi connectivity index (χ4v) is 1.43. The number of aromatic nitrogens is 2. The second-order valence-corrected chi connectivity index (χ2v) is 3.28. The third-order valence-corrected chi connectivity index (χ3v) is 2.06. The number of H-pyrrole nitrogens is 1. The molecular formula is C9H6BF3N2. The second-order valence-electron chi connectivity index (χ2n) is 3.28. The van der Waals surface area contributed by atoms with Crippen molar-refractivity contribution in [2.45, 2.75) is 13.1 Å². The van der Waals surface area contributed by atoms with Crippen LogP contribution in [0.1, 0.15) is 11.4 Å². The van der Waals surface area contributed by atoms with Gasteiger partial charge in [0, 0.05) is 0 Å². The first-order chi connectivity index (χ1) is 6.88. The highest BCUT2D eigenvalue weighted by atomic mass is 19.4. The lowest BCUT2D eigenvalue weighted by atomic mass is 9.92. The number of benzene rings is 1. The Kier molecular flexibility index (Phi) is 2.03. The summed E-state index contributed by atoms with van der Waals surface area (Å²) in [5.41, 5.74) is -0.0550. The van der Waals surface area contributed by atoms with Gasteiger partial charge in [0.2, 0.25) is 0 Å². The second kappa shape index (κ2) is 3.02. The van der Waals surface area contributed by atoms with Crippen LogP contribution < -0.4 is 5.46 Å². The van der Waals surface area contributed by atoms with Gasteiger partial charge in [-0.05, 0) is 13.0 Å². The van der Waals surface area contributed by atoms with E-state index < -0.39 is 11.7 Å². The van der Waals surface area contributed by atoms with Gasteiger partial charge in [-0.15, -0.1) is 0 Å². The number of rotatable bonds is 0. The Morgan fingerprint density at radius 3 is 2.60 bits per heavy atom. The summed E-state index contributed by atoms with van der Waals surface area (Å²) < 4.78 is 37.2. The first kappa shape index (κ1) is 10.1. The molecule has 1 N–H and O–H groups in total. The van der Waals surface area contributed by atoms with E-state index in [2.05, 4.69) is 9.97 Å². The first-order valence-corrected chi connectivity index (χ1v) is 4.21. The van der Waals surface area contributed by atoms with Gasteiger partial charge in [-0.1, -0.05) is 11.5 Å². The van der Waals surface area contributed by atoms with E-state index in [9.17, 15) is 13.2 Å². The van der Waals surface area contributed by atoms with Crippen LogP contribution in [-0.4, -0.2) is 17.8 Å². The summed E-state index contributed by atoms with van der Waals surface area (Å²) >= 11 is 0. The molecule has 1 aromatic heterocycles. The zero-order valence-electron chi connectivity index (χ0n) is 7.81. The Hall–Kier alpha value is -1.46. The Balaban J connectivity index is 2.72. The smallest absolute Gasteiger partial charge is 0.342 e. The molecule has 0 unspecified atom stereocenters. The standard InChI is InChI=1S/C9H6BF3N2/c1-4-14-7-3-5(9(11,12)13)2-6(10)8(7)15-4/h2-3H,1H3,(H,14,15). The van der Waals surface area contributed by atoms with Crippen LogP contribution in [0.5, 0.6) is 0 Å². The van der Waals surface area contributed by atoms with Crippen molar-refractivity contribution in [3.63, 3.8) is 0 Å². The molecule has 0 amide bonds. The van der Waals surface area contributed by atoms with Gasteiger partial charge >= 0.3 is 6.18 Å². The van der Waals surface area contributed by atoms with Crippen molar-refractivity contribution in [2.24, 2.45) is 0 Å². The van der Waals surface area contributed by atoms with Gasteiger partial charge in [-0.2, -0.15) is 13.2 Å². The van der Waals surface area contributed by atoms with Crippen LogP contribution in [0.25, 0.3) is 11.0 Å². The minimum absolute atomic E-state index is 0.0316. The summed E-state index contributed by atoms with van der Waals surface area (Å²) in [6, 6.07) is 1.90. The highest BCUT2D eigenvalue weighted by Gasteiger charge is 2.31. The van der Waals surface area contributed by atoms with Crippen LogP contribution in [0.2, 0.25) is 0 Å². The Labute approximate surface area is 84.9 Å². The average molecular weight is 210 g/mol. The van der Waals surface area contributed by atoms with E-state index in [0.29, 0.717) is 16.9 Å². The Bertz CT molecular complexity index is 516. The maximum atomic E-state index is 12.4. The van der Waals surface area contributed by atoms with Gasteiger partial charge in [0.1, 0.15) is 13.7 Å². The number of hydrogen-bond donors (Lipinski definition) is 1. The van der Waals surface area contributed by atoms with E-state index in [1.165, 1.54) is 0 Å². The van der Waals surface area contributed by atoms with E-state index in [0.717, 1.165) is 12.1 Å². The van der Waals surface area contributed by atoms with Crippen molar-refractivity contribution in [2.75, 3.05) is 0 Å². The molecule has 0 spiro atoms. The van der Waals surface area contributed by atoms with Crippen molar-refractivity contribution in [1.82, 2.24) is 9.97 Å². The largest absolute Gasteiger partial charge is 0.416 e. The number of hydrogen-bond acceptors (Lipinski definition) is 1. The number of halogens is 3. The van der Waals surface area contributed by atoms with Crippen molar-refractivity contribution in [3.05, 3.63) is 23.5 Å². The molecule has 0 fully saturated rings. The maximum absolute atomic E-state index is 12.4. The number of aromatic amines is 1. The topological polar surface area (TPSA) is 28.7 Å². The van der Waals surface area contributed by atoms with Crippen LogP contribution in [0.15, 0.2) is 12.1 Å². The third-order valence-electron chi connectivity index (χ3n) is 2.06. The zero-order valence-corrected chi connectivity index (χ0v) is 7.81. The van der Waals surface area contributed by atoms with E-state index in [-0.39, 0.29) is 5.46 Å². The predicted molar refractivity (Wildman–Crippen MR) is 51.2 cm³/mol. The lowest BCUT2D eigenvalue weighted by Gasteiger charge is -2.07. The van der Waals surface area contributed by atoms with Crippen LogP contribution in [0.4, 0.5) is 13.2 Å². The molecule has 0 aliphatic heterocycles. The molecule has 0 aliphatic carbocycles. The summed E-state index contributed by atoms with van der Waals surface area (Å²) in [5.74, 6) is 0.538. The number of fused-ring (bicyclic) bond motifs is 1. The quantitative estimate of drug-likeness (QED) is 0.658. The van der Waals surface area contributed by atoms with Gasteiger partial charge in [0.15, 0.2) is 0 Å². The molecule has 6 heteroatoms. The molecule has 2 nitrogen and oxygen atoms in total. The molecular weight excluding hydrogens is 204 g/mol. The van der Waals surface area contributed by atoms with Crippen molar-refractivity contribution in [3.8, 4) is 0 Å². The molecule has 2 radical (unpaired) electrons. The third kappa shape index (κ3) is 1.71. The highest BCUT2D eigenvalue weighted by Crippen LogP contribution is 2.30. The lowest BCUT2D eigenvalue weighted by Crippen LogP contribution is -2.12. The molecule has 0 atom stereocenters. The Morgan fingerprint density at radius 2 is 2.00 bits per heavy atom. The number of nitrogens with one attached hydrogen (secondary N) is 1. The van der Waals surface area contributed by atoms with Gasteiger partial charge in [-0.25, -0.2) is 4.98 Å². The van der Waals surface area contributed by atoms with Crippen molar-refractivity contribution < 1.29 is 13.2 Å². The molecule has 2 aromatic rings. The normalized spacial score (nSPS) is 12.3. The first-order valence-electron chi connectivity index (χ1n) is 4.21. The van der Waals surface area contributed by atoms with Crippen LogP contribution >= 0.6 is 0 Å². The maximum Gasteiger partial charge on any atom is 0.416 e. The monoisotopic (exact) mass is 210 g/mol. The number of nitrogens with zero attached hydrogens (tertiary/aromatic N) is 1. The summed E-state index contributed by atoms with van der Waals surface area (Å²) in [7, 11) is 5.48.